The monoisotopic (exact) mass is 238 g/mol. The highest BCUT2D eigenvalue weighted by atomic mass is 16.3. The van der Waals surface area contributed by atoms with Crippen molar-refractivity contribution in [2.75, 3.05) is 6.61 Å². The number of aliphatic hydroxyl groups is 2. The summed E-state index contributed by atoms with van der Waals surface area (Å²) in [6.45, 7) is 12.5. The predicted molar refractivity (Wildman–Crippen MR) is 71.7 cm³/mol. The van der Waals surface area contributed by atoms with Gasteiger partial charge in [0, 0.05) is 5.92 Å². The molecular formula is C15H26O2. The molecule has 0 amide bonds. The summed E-state index contributed by atoms with van der Waals surface area (Å²) in [7, 11) is 0. The van der Waals surface area contributed by atoms with Crippen LogP contribution in [0.5, 0.6) is 0 Å². The molecular weight excluding hydrogens is 212 g/mol. The second-order valence-corrected chi connectivity index (χ2v) is 7.05. The third kappa shape index (κ3) is 2.63. The minimum atomic E-state index is -0.934. The molecule has 2 atom stereocenters. The molecule has 2 unspecified atom stereocenters. The van der Waals surface area contributed by atoms with E-state index in [1.165, 1.54) is 0 Å². The van der Waals surface area contributed by atoms with E-state index in [-0.39, 0.29) is 23.4 Å². The Labute approximate surface area is 105 Å². The summed E-state index contributed by atoms with van der Waals surface area (Å²) < 4.78 is 0. The summed E-state index contributed by atoms with van der Waals surface area (Å²) in [4.78, 5) is 0. The third-order valence-corrected chi connectivity index (χ3v) is 3.54. The normalized spacial score (nSPS) is 30.4. The molecule has 98 valence electrons. The Morgan fingerprint density at radius 1 is 1.18 bits per heavy atom. The first-order valence-corrected chi connectivity index (χ1v) is 6.28. The van der Waals surface area contributed by atoms with Crippen LogP contribution < -0.4 is 0 Å². The van der Waals surface area contributed by atoms with Crippen LogP contribution in [0, 0.1) is 16.7 Å². The average Bonchev–Trinajstić information content (AvgIpc) is 2.15. The van der Waals surface area contributed by atoms with Crippen LogP contribution in [-0.4, -0.2) is 22.4 Å². The molecule has 0 saturated heterocycles. The molecule has 2 N–H and O–H groups in total. The standard InChI is InChI=1S/C15H26O2/c1-13(2,3)12-9-11(10-16)7-8-15(12,17)14(4,5)6/h7-9,11,16-17H,10H2,1-6H3. The largest absolute Gasteiger partial charge is 0.395 e. The first-order chi connectivity index (χ1) is 7.52. The van der Waals surface area contributed by atoms with Gasteiger partial charge in [-0.05, 0) is 16.4 Å². The Hall–Kier alpha value is -0.600. The molecule has 0 aromatic rings. The third-order valence-electron chi connectivity index (χ3n) is 3.54. The fraction of sp³-hybridized carbons (Fsp3) is 0.733. The first kappa shape index (κ1) is 14.5. The zero-order chi connectivity index (χ0) is 13.5. The highest BCUT2D eigenvalue weighted by Crippen LogP contribution is 2.47. The van der Waals surface area contributed by atoms with E-state index in [0.29, 0.717) is 0 Å². The molecule has 1 rings (SSSR count). The van der Waals surface area contributed by atoms with Crippen LogP contribution in [-0.2, 0) is 0 Å². The first-order valence-electron chi connectivity index (χ1n) is 6.28. The molecule has 2 nitrogen and oxygen atoms in total. The highest BCUT2D eigenvalue weighted by Gasteiger charge is 2.46. The van der Waals surface area contributed by atoms with Crippen molar-refractivity contribution < 1.29 is 10.2 Å². The maximum Gasteiger partial charge on any atom is 0.109 e. The number of aliphatic hydroxyl groups excluding tert-OH is 1. The van der Waals surface area contributed by atoms with Crippen LogP contribution in [0.4, 0.5) is 0 Å². The van der Waals surface area contributed by atoms with Crippen molar-refractivity contribution >= 4 is 0 Å². The van der Waals surface area contributed by atoms with Crippen molar-refractivity contribution in [3.8, 4) is 0 Å². The van der Waals surface area contributed by atoms with Crippen molar-refractivity contribution in [3.63, 3.8) is 0 Å². The van der Waals surface area contributed by atoms with E-state index in [9.17, 15) is 10.2 Å². The zero-order valence-corrected chi connectivity index (χ0v) is 11.9. The number of hydrogen-bond acceptors (Lipinski definition) is 2. The Kier molecular flexibility index (Phi) is 3.62. The maximum absolute atomic E-state index is 11.0. The molecule has 1 aliphatic carbocycles. The zero-order valence-electron chi connectivity index (χ0n) is 11.9. The Morgan fingerprint density at radius 3 is 2.06 bits per heavy atom. The maximum atomic E-state index is 11.0. The molecule has 1 aliphatic rings. The summed E-state index contributed by atoms with van der Waals surface area (Å²) >= 11 is 0. The van der Waals surface area contributed by atoms with Gasteiger partial charge in [-0.15, -0.1) is 0 Å². The van der Waals surface area contributed by atoms with Crippen LogP contribution in [0.25, 0.3) is 0 Å². The lowest BCUT2D eigenvalue weighted by molar-refractivity contribution is 0.00208. The van der Waals surface area contributed by atoms with Gasteiger partial charge >= 0.3 is 0 Å². The number of rotatable bonds is 1. The molecule has 0 saturated carbocycles. The highest BCUT2D eigenvalue weighted by molar-refractivity contribution is 5.37. The molecule has 0 aliphatic heterocycles. The Morgan fingerprint density at radius 2 is 1.71 bits per heavy atom. The van der Waals surface area contributed by atoms with Crippen LogP contribution >= 0.6 is 0 Å². The quantitative estimate of drug-likeness (QED) is 0.690. The van der Waals surface area contributed by atoms with E-state index in [2.05, 4.69) is 20.8 Å². The van der Waals surface area contributed by atoms with E-state index >= 15 is 0 Å². The number of hydrogen-bond donors (Lipinski definition) is 2. The van der Waals surface area contributed by atoms with E-state index in [4.69, 9.17) is 0 Å². The average molecular weight is 238 g/mol. The fourth-order valence-corrected chi connectivity index (χ4v) is 2.34. The van der Waals surface area contributed by atoms with Gasteiger partial charge in [0.25, 0.3) is 0 Å². The van der Waals surface area contributed by atoms with Gasteiger partial charge in [0.1, 0.15) is 5.60 Å². The summed E-state index contributed by atoms with van der Waals surface area (Å²) in [6, 6.07) is 0. The molecule has 0 aromatic carbocycles. The molecule has 0 heterocycles. The lowest BCUT2D eigenvalue weighted by atomic mass is 9.62. The summed E-state index contributed by atoms with van der Waals surface area (Å²) in [5.41, 5.74) is -0.306. The van der Waals surface area contributed by atoms with Crippen molar-refractivity contribution in [1.82, 2.24) is 0 Å². The molecule has 0 radical (unpaired) electrons. The Balaban J connectivity index is 3.29. The van der Waals surface area contributed by atoms with Crippen molar-refractivity contribution in [1.29, 1.82) is 0 Å². The lowest BCUT2D eigenvalue weighted by Gasteiger charge is -2.47. The van der Waals surface area contributed by atoms with Crippen LogP contribution in [0.15, 0.2) is 23.8 Å². The van der Waals surface area contributed by atoms with E-state index in [1.807, 2.05) is 39.0 Å². The minimum absolute atomic E-state index is 0.0202. The summed E-state index contributed by atoms with van der Waals surface area (Å²) in [6.07, 6.45) is 5.78. The van der Waals surface area contributed by atoms with E-state index in [1.54, 1.807) is 0 Å². The van der Waals surface area contributed by atoms with Gasteiger partial charge in [0.15, 0.2) is 0 Å². The smallest absolute Gasteiger partial charge is 0.109 e. The van der Waals surface area contributed by atoms with Gasteiger partial charge < -0.3 is 10.2 Å². The van der Waals surface area contributed by atoms with Gasteiger partial charge in [0.2, 0.25) is 0 Å². The van der Waals surface area contributed by atoms with Gasteiger partial charge in [-0.25, -0.2) is 0 Å². The van der Waals surface area contributed by atoms with E-state index in [0.717, 1.165) is 5.57 Å². The molecule has 0 bridgehead atoms. The fourth-order valence-electron chi connectivity index (χ4n) is 2.34. The summed E-state index contributed by atoms with van der Waals surface area (Å²) in [5, 5.41) is 20.2. The van der Waals surface area contributed by atoms with Crippen molar-refractivity contribution in [2.24, 2.45) is 16.7 Å². The molecule has 0 aromatic heterocycles. The van der Waals surface area contributed by atoms with Crippen LogP contribution in [0.2, 0.25) is 0 Å². The Bertz CT molecular complexity index is 339. The van der Waals surface area contributed by atoms with Gasteiger partial charge in [-0.1, -0.05) is 59.8 Å². The second-order valence-electron chi connectivity index (χ2n) is 7.05. The topological polar surface area (TPSA) is 40.5 Å². The molecule has 0 fully saturated rings. The molecule has 0 spiro atoms. The van der Waals surface area contributed by atoms with Crippen molar-refractivity contribution in [2.45, 2.75) is 47.1 Å². The lowest BCUT2D eigenvalue weighted by Crippen LogP contribution is -2.48. The second kappa shape index (κ2) is 4.25. The van der Waals surface area contributed by atoms with E-state index < -0.39 is 5.60 Å². The van der Waals surface area contributed by atoms with Crippen LogP contribution in [0.1, 0.15) is 41.5 Å². The van der Waals surface area contributed by atoms with Gasteiger partial charge in [-0.3, -0.25) is 0 Å². The SMILES string of the molecule is CC(C)(C)C1=CC(CO)C=CC1(O)C(C)(C)C. The summed E-state index contributed by atoms with van der Waals surface area (Å²) in [5.74, 6) is 0.0202. The van der Waals surface area contributed by atoms with Crippen LogP contribution in [0.3, 0.4) is 0 Å². The molecule has 17 heavy (non-hydrogen) atoms. The predicted octanol–water partition coefficient (Wildman–Crippen LogP) is 2.91. The molecule has 2 heteroatoms. The van der Waals surface area contributed by atoms with Gasteiger partial charge in [-0.2, -0.15) is 0 Å². The minimum Gasteiger partial charge on any atom is -0.395 e. The van der Waals surface area contributed by atoms with Gasteiger partial charge in [0.05, 0.1) is 6.61 Å². The van der Waals surface area contributed by atoms with Crippen molar-refractivity contribution in [3.05, 3.63) is 23.8 Å².